The molecule has 0 unspecified atom stereocenters. The third-order valence-electron chi connectivity index (χ3n) is 1.33. The monoisotopic (exact) mass is 218 g/mol. The Balaban J connectivity index is 3.70. The Labute approximate surface area is 89.6 Å². The minimum absolute atomic E-state index is 0.100. The number of carbonyl (C=O) groups excluding carboxylic acids is 2. The average Bonchev–Trinajstić information content (AvgIpc) is 1.98. The zero-order valence-electron chi connectivity index (χ0n) is 9.25. The third-order valence-corrected chi connectivity index (χ3v) is 1.94. The fourth-order valence-corrected chi connectivity index (χ4v) is 1.33. The van der Waals surface area contributed by atoms with Crippen LogP contribution in [-0.4, -0.2) is 29.4 Å². The number of ether oxygens (including phenoxy) is 1. The second-order valence-corrected chi connectivity index (χ2v) is 4.92. The van der Waals surface area contributed by atoms with E-state index < -0.39 is 5.60 Å². The molecular formula is C10H18O3S. The number of hydrogen-bond acceptors (Lipinski definition) is 4. The lowest BCUT2D eigenvalue weighted by Crippen LogP contribution is -2.24. The van der Waals surface area contributed by atoms with Gasteiger partial charge in [0.1, 0.15) is 11.4 Å². The van der Waals surface area contributed by atoms with Gasteiger partial charge in [0.25, 0.3) is 0 Å². The normalized spacial score (nSPS) is 11.1. The molecule has 0 saturated carbocycles. The number of esters is 1. The van der Waals surface area contributed by atoms with Gasteiger partial charge in [0.05, 0.1) is 12.2 Å². The predicted molar refractivity (Wildman–Crippen MR) is 58.5 cm³/mol. The molecule has 0 aromatic rings. The highest BCUT2D eigenvalue weighted by Gasteiger charge is 2.16. The lowest BCUT2D eigenvalue weighted by Gasteiger charge is -2.19. The van der Waals surface area contributed by atoms with Gasteiger partial charge >= 0.3 is 5.97 Å². The summed E-state index contributed by atoms with van der Waals surface area (Å²) in [6.07, 6.45) is 2.35. The van der Waals surface area contributed by atoms with Crippen molar-refractivity contribution < 1.29 is 14.3 Å². The first kappa shape index (κ1) is 13.5. The Bertz CT molecular complexity index is 206. The zero-order chi connectivity index (χ0) is 11.2. The van der Waals surface area contributed by atoms with Crippen LogP contribution in [0.1, 0.15) is 33.6 Å². The first-order chi connectivity index (χ1) is 6.35. The number of thioether (sulfide) groups is 1. The molecule has 0 saturated heterocycles. The van der Waals surface area contributed by atoms with Crippen LogP contribution in [0.15, 0.2) is 0 Å². The van der Waals surface area contributed by atoms with Gasteiger partial charge < -0.3 is 4.74 Å². The standard InChI is InChI=1S/C10H18O3S/c1-10(2,3)13-9(12)6-5-8(11)7-14-4/h5-7H2,1-4H3. The molecule has 0 rings (SSSR count). The molecule has 0 N–H and O–H groups in total. The topological polar surface area (TPSA) is 43.4 Å². The highest BCUT2D eigenvalue weighted by atomic mass is 32.2. The number of hydrogen-bond donors (Lipinski definition) is 0. The Morgan fingerprint density at radius 3 is 2.21 bits per heavy atom. The van der Waals surface area contributed by atoms with E-state index in [9.17, 15) is 9.59 Å². The van der Waals surface area contributed by atoms with Gasteiger partial charge in [0.2, 0.25) is 0 Å². The first-order valence-electron chi connectivity index (χ1n) is 4.57. The van der Waals surface area contributed by atoms with Gasteiger partial charge in [-0.25, -0.2) is 0 Å². The van der Waals surface area contributed by atoms with Crippen LogP contribution in [0, 0.1) is 0 Å². The van der Waals surface area contributed by atoms with Gasteiger partial charge in [-0.3, -0.25) is 9.59 Å². The van der Waals surface area contributed by atoms with Crippen molar-refractivity contribution in [2.45, 2.75) is 39.2 Å². The Kier molecular flexibility index (Phi) is 5.84. The van der Waals surface area contributed by atoms with Crippen LogP contribution in [0.5, 0.6) is 0 Å². The number of ketones is 1. The van der Waals surface area contributed by atoms with Crippen LogP contribution in [-0.2, 0) is 14.3 Å². The molecule has 0 aromatic carbocycles. The maximum absolute atomic E-state index is 11.2. The number of Topliss-reactive ketones (excluding diaryl/α,β-unsaturated/α-hetero) is 1. The van der Waals surface area contributed by atoms with Crippen LogP contribution in [0.2, 0.25) is 0 Å². The van der Waals surface area contributed by atoms with E-state index in [1.165, 1.54) is 11.8 Å². The van der Waals surface area contributed by atoms with Gasteiger partial charge in [0.15, 0.2) is 0 Å². The van der Waals surface area contributed by atoms with Gasteiger partial charge in [-0.05, 0) is 27.0 Å². The largest absolute Gasteiger partial charge is 0.460 e. The highest BCUT2D eigenvalue weighted by Crippen LogP contribution is 2.09. The molecule has 0 amide bonds. The van der Waals surface area contributed by atoms with Gasteiger partial charge in [-0.1, -0.05) is 0 Å². The Morgan fingerprint density at radius 1 is 1.21 bits per heavy atom. The molecule has 0 fully saturated rings. The molecule has 0 atom stereocenters. The van der Waals surface area contributed by atoms with Crippen molar-refractivity contribution in [1.82, 2.24) is 0 Å². The molecular weight excluding hydrogens is 200 g/mol. The molecule has 3 nitrogen and oxygen atoms in total. The number of rotatable bonds is 5. The van der Waals surface area contributed by atoms with Crippen molar-refractivity contribution in [1.29, 1.82) is 0 Å². The molecule has 4 heteroatoms. The van der Waals surface area contributed by atoms with Crippen LogP contribution in [0.3, 0.4) is 0 Å². The lowest BCUT2D eigenvalue weighted by molar-refractivity contribution is -0.155. The van der Waals surface area contributed by atoms with Gasteiger partial charge in [0, 0.05) is 6.42 Å². The SMILES string of the molecule is CSCC(=O)CCC(=O)OC(C)(C)C. The molecule has 0 heterocycles. The Morgan fingerprint density at radius 2 is 1.79 bits per heavy atom. The summed E-state index contributed by atoms with van der Waals surface area (Å²) in [7, 11) is 0. The molecule has 82 valence electrons. The summed E-state index contributed by atoms with van der Waals surface area (Å²) in [6, 6.07) is 0. The average molecular weight is 218 g/mol. The molecule has 0 aliphatic heterocycles. The Hall–Kier alpha value is -0.510. The van der Waals surface area contributed by atoms with E-state index >= 15 is 0 Å². The molecule has 0 spiro atoms. The molecule has 0 radical (unpaired) electrons. The quantitative estimate of drug-likeness (QED) is 0.662. The second-order valence-electron chi connectivity index (χ2n) is 4.06. The number of carbonyl (C=O) groups is 2. The fourth-order valence-electron chi connectivity index (χ4n) is 0.867. The van der Waals surface area contributed by atoms with E-state index in [0.717, 1.165) is 0 Å². The minimum Gasteiger partial charge on any atom is -0.460 e. The van der Waals surface area contributed by atoms with Crippen LogP contribution in [0.4, 0.5) is 0 Å². The summed E-state index contributed by atoms with van der Waals surface area (Å²) in [4.78, 5) is 22.3. The summed E-state index contributed by atoms with van der Waals surface area (Å²) < 4.78 is 5.07. The molecule has 0 aliphatic carbocycles. The van der Waals surface area contributed by atoms with Gasteiger partial charge in [-0.15, -0.1) is 0 Å². The van der Waals surface area contributed by atoms with Crippen molar-refractivity contribution >= 4 is 23.5 Å². The molecule has 0 aromatic heterocycles. The third kappa shape index (κ3) is 8.10. The lowest BCUT2D eigenvalue weighted by atomic mass is 10.2. The van der Waals surface area contributed by atoms with E-state index in [0.29, 0.717) is 5.75 Å². The van der Waals surface area contributed by atoms with E-state index in [1.807, 2.05) is 27.0 Å². The molecule has 0 bridgehead atoms. The summed E-state index contributed by atoms with van der Waals surface area (Å²) >= 11 is 1.47. The fraction of sp³-hybridized carbons (Fsp3) is 0.800. The van der Waals surface area contributed by atoms with Crippen LogP contribution >= 0.6 is 11.8 Å². The summed E-state index contributed by atoms with van der Waals surface area (Å²) in [5, 5.41) is 0. The predicted octanol–water partition coefficient (Wildman–Crippen LogP) is 2.04. The van der Waals surface area contributed by atoms with Crippen molar-refractivity contribution in [3.8, 4) is 0 Å². The maximum Gasteiger partial charge on any atom is 0.306 e. The van der Waals surface area contributed by atoms with E-state index in [1.54, 1.807) is 0 Å². The van der Waals surface area contributed by atoms with Crippen LogP contribution in [0.25, 0.3) is 0 Å². The minimum atomic E-state index is -0.459. The summed E-state index contributed by atoms with van der Waals surface area (Å²) in [5.74, 6) is 0.276. The van der Waals surface area contributed by atoms with E-state index in [-0.39, 0.29) is 24.6 Å². The van der Waals surface area contributed by atoms with Crippen molar-refractivity contribution in [2.75, 3.05) is 12.0 Å². The van der Waals surface area contributed by atoms with Crippen molar-refractivity contribution in [3.05, 3.63) is 0 Å². The first-order valence-corrected chi connectivity index (χ1v) is 5.97. The zero-order valence-corrected chi connectivity index (χ0v) is 10.1. The van der Waals surface area contributed by atoms with Crippen LogP contribution < -0.4 is 0 Å². The maximum atomic E-state index is 11.2. The summed E-state index contributed by atoms with van der Waals surface area (Å²) in [5.41, 5.74) is -0.459. The van der Waals surface area contributed by atoms with E-state index in [4.69, 9.17) is 4.74 Å². The highest BCUT2D eigenvalue weighted by molar-refractivity contribution is 7.99. The summed E-state index contributed by atoms with van der Waals surface area (Å²) in [6.45, 7) is 5.44. The van der Waals surface area contributed by atoms with Gasteiger partial charge in [-0.2, -0.15) is 11.8 Å². The van der Waals surface area contributed by atoms with Crippen molar-refractivity contribution in [3.63, 3.8) is 0 Å². The van der Waals surface area contributed by atoms with E-state index in [2.05, 4.69) is 0 Å². The molecule has 14 heavy (non-hydrogen) atoms. The smallest absolute Gasteiger partial charge is 0.306 e. The molecule has 0 aliphatic rings. The van der Waals surface area contributed by atoms with Crippen molar-refractivity contribution in [2.24, 2.45) is 0 Å². The second kappa shape index (κ2) is 6.06.